The van der Waals surface area contributed by atoms with E-state index in [1.54, 1.807) is 0 Å². The zero-order valence-corrected chi connectivity index (χ0v) is 12.9. The summed E-state index contributed by atoms with van der Waals surface area (Å²) in [6.45, 7) is 8.69. The summed E-state index contributed by atoms with van der Waals surface area (Å²) in [6, 6.07) is 0.0169. The Hall–Kier alpha value is -1.26. The van der Waals surface area contributed by atoms with Gasteiger partial charge in [-0.3, -0.25) is 4.79 Å². The van der Waals surface area contributed by atoms with Gasteiger partial charge in [-0.2, -0.15) is 0 Å². The monoisotopic (exact) mass is 284 g/mol. The molecule has 1 saturated heterocycles. The maximum atomic E-state index is 12.1. The van der Waals surface area contributed by atoms with Gasteiger partial charge in [0.2, 0.25) is 0 Å². The molecular formula is C15H28N2O3. The number of aliphatic carboxylic acids is 1. The summed E-state index contributed by atoms with van der Waals surface area (Å²) < 4.78 is 0. The molecule has 0 aromatic rings. The van der Waals surface area contributed by atoms with Gasteiger partial charge in [-0.25, -0.2) is 4.79 Å². The van der Waals surface area contributed by atoms with Crippen molar-refractivity contribution in [3.05, 3.63) is 0 Å². The Morgan fingerprint density at radius 3 is 2.65 bits per heavy atom. The highest BCUT2D eigenvalue weighted by atomic mass is 16.4. The molecule has 2 amide bonds. The van der Waals surface area contributed by atoms with Crippen LogP contribution in [0.5, 0.6) is 0 Å². The molecule has 1 aliphatic heterocycles. The predicted molar refractivity (Wildman–Crippen MR) is 78.6 cm³/mol. The number of urea groups is 1. The van der Waals surface area contributed by atoms with Crippen molar-refractivity contribution in [2.75, 3.05) is 19.6 Å². The van der Waals surface area contributed by atoms with Crippen LogP contribution in [-0.2, 0) is 4.79 Å². The van der Waals surface area contributed by atoms with Crippen molar-refractivity contribution >= 4 is 12.0 Å². The molecule has 0 spiro atoms. The first-order valence-electron chi connectivity index (χ1n) is 7.55. The first-order valence-corrected chi connectivity index (χ1v) is 7.55. The third-order valence-corrected chi connectivity index (χ3v) is 3.95. The molecule has 2 N–H and O–H groups in total. The summed E-state index contributed by atoms with van der Waals surface area (Å²) in [6.07, 6.45) is 3.94. The van der Waals surface area contributed by atoms with Crippen molar-refractivity contribution in [3.63, 3.8) is 0 Å². The van der Waals surface area contributed by atoms with Gasteiger partial charge >= 0.3 is 12.0 Å². The smallest absolute Gasteiger partial charge is 0.317 e. The lowest BCUT2D eigenvalue weighted by molar-refractivity contribution is -0.137. The van der Waals surface area contributed by atoms with Gasteiger partial charge in [0.15, 0.2) is 0 Å². The third-order valence-electron chi connectivity index (χ3n) is 3.95. The Labute approximate surface area is 121 Å². The van der Waals surface area contributed by atoms with Crippen molar-refractivity contribution in [2.45, 2.75) is 52.9 Å². The van der Waals surface area contributed by atoms with E-state index in [1.807, 2.05) is 11.8 Å². The molecule has 0 radical (unpaired) electrons. The van der Waals surface area contributed by atoms with Gasteiger partial charge in [-0.1, -0.05) is 20.8 Å². The molecule has 5 heteroatoms. The van der Waals surface area contributed by atoms with E-state index in [2.05, 4.69) is 19.2 Å². The van der Waals surface area contributed by atoms with Gasteiger partial charge in [0.1, 0.15) is 0 Å². The molecule has 0 bridgehead atoms. The second kappa shape index (κ2) is 7.50. The van der Waals surface area contributed by atoms with Crippen LogP contribution in [-0.4, -0.2) is 41.6 Å². The van der Waals surface area contributed by atoms with Gasteiger partial charge in [0, 0.05) is 26.1 Å². The summed E-state index contributed by atoms with van der Waals surface area (Å²) in [5.41, 5.74) is 0.213. The van der Waals surface area contributed by atoms with E-state index in [9.17, 15) is 9.59 Å². The minimum Gasteiger partial charge on any atom is -0.481 e. The molecule has 1 fully saturated rings. The van der Waals surface area contributed by atoms with Crippen molar-refractivity contribution < 1.29 is 14.7 Å². The lowest BCUT2D eigenvalue weighted by Crippen LogP contribution is -2.48. The number of hydrogen-bond donors (Lipinski definition) is 2. The fraction of sp³-hybridized carbons (Fsp3) is 0.867. The average Bonchev–Trinajstić information content (AvgIpc) is 2.35. The molecule has 1 unspecified atom stereocenters. The quantitative estimate of drug-likeness (QED) is 0.788. The first-order chi connectivity index (χ1) is 9.30. The Bertz CT molecular complexity index is 342. The van der Waals surface area contributed by atoms with Gasteiger partial charge in [-0.15, -0.1) is 0 Å². The summed E-state index contributed by atoms with van der Waals surface area (Å²) in [7, 11) is 0. The van der Waals surface area contributed by atoms with Crippen LogP contribution in [0.25, 0.3) is 0 Å². The van der Waals surface area contributed by atoms with Crippen LogP contribution >= 0.6 is 0 Å². The maximum Gasteiger partial charge on any atom is 0.317 e. The Kier molecular flexibility index (Phi) is 6.30. The van der Waals surface area contributed by atoms with Crippen LogP contribution in [0, 0.1) is 11.3 Å². The topological polar surface area (TPSA) is 69.6 Å². The molecule has 1 heterocycles. The number of likely N-dealkylation sites (tertiary alicyclic amines) is 1. The van der Waals surface area contributed by atoms with E-state index >= 15 is 0 Å². The number of rotatable bonds is 6. The zero-order valence-electron chi connectivity index (χ0n) is 12.9. The molecule has 1 aliphatic rings. The van der Waals surface area contributed by atoms with Crippen molar-refractivity contribution in [3.8, 4) is 0 Å². The standard InChI is InChI=1S/C15H28N2O3/c1-12(5-6-13(18)19)7-9-16-14(20)17-10-4-8-15(2,3)11-17/h12H,4-11H2,1-3H3,(H,16,20)(H,18,19). The predicted octanol–water partition coefficient (Wildman–Crippen LogP) is 2.71. The highest BCUT2D eigenvalue weighted by Gasteiger charge is 2.28. The largest absolute Gasteiger partial charge is 0.481 e. The summed E-state index contributed by atoms with van der Waals surface area (Å²) in [5, 5.41) is 11.6. The Morgan fingerprint density at radius 2 is 2.05 bits per heavy atom. The number of hydrogen-bond acceptors (Lipinski definition) is 2. The summed E-state index contributed by atoms with van der Waals surface area (Å²) in [5.74, 6) is -0.430. The number of nitrogens with zero attached hydrogens (tertiary/aromatic N) is 1. The lowest BCUT2D eigenvalue weighted by Gasteiger charge is -2.38. The van der Waals surface area contributed by atoms with Crippen LogP contribution < -0.4 is 5.32 Å². The van der Waals surface area contributed by atoms with Crippen LogP contribution in [0.1, 0.15) is 52.9 Å². The van der Waals surface area contributed by atoms with Gasteiger partial charge in [0.25, 0.3) is 0 Å². The highest BCUT2D eigenvalue weighted by Crippen LogP contribution is 2.28. The lowest BCUT2D eigenvalue weighted by atomic mass is 9.84. The molecule has 0 saturated carbocycles. The summed E-state index contributed by atoms with van der Waals surface area (Å²) >= 11 is 0. The minimum atomic E-state index is -0.753. The SMILES string of the molecule is CC(CCNC(=O)N1CCCC(C)(C)C1)CCC(=O)O. The van der Waals surface area contributed by atoms with Crippen molar-refractivity contribution in [2.24, 2.45) is 11.3 Å². The number of amides is 2. The number of carboxylic acids is 1. The van der Waals surface area contributed by atoms with E-state index in [1.165, 1.54) is 6.42 Å². The molecule has 0 aromatic heterocycles. The molecule has 0 aromatic carbocycles. The van der Waals surface area contributed by atoms with Crippen LogP contribution in [0.15, 0.2) is 0 Å². The minimum absolute atomic E-state index is 0.0169. The number of carbonyl (C=O) groups excluding carboxylic acids is 1. The molecule has 1 atom stereocenters. The van der Waals surface area contributed by atoms with E-state index < -0.39 is 5.97 Å². The van der Waals surface area contributed by atoms with Gasteiger partial charge < -0.3 is 15.3 Å². The average molecular weight is 284 g/mol. The van der Waals surface area contributed by atoms with E-state index in [-0.39, 0.29) is 17.9 Å². The Morgan fingerprint density at radius 1 is 1.35 bits per heavy atom. The number of carbonyl (C=O) groups is 2. The van der Waals surface area contributed by atoms with Gasteiger partial charge in [-0.05, 0) is 37.0 Å². The molecule has 0 aliphatic carbocycles. The Balaban J connectivity index is 2.21. The van der Waals surface area contributed by atoms with Crippen LogP contribution in [0.4, 0.5) is 4.79 Å². The zero-order chi connectivity index (χ0) is 15.2. The fourth-order valence-electron chi connectivity index (χ4n) is 2.65. The number of carboxylic acid groups (broad SMARTS) is 1. The summed E-state index contributed by atoms with van der Waals surface area (Å²) in [4.78, 5) is 24.4. The molecule has 116 valence electrons. The van der Waals surface area contributed by atoms with Crippen LogP contribution in [0.2, 0.25) is 0 Å². The maximum absolute atomic E-state index is 12.1. The van der Waals surface area contributed by atoms with E-state index in [0.29, 0.717) is 18.9 Å². The molecular weight excluding hydrogens is 256 g/mol. The fourth-order valence-corrected chi connectivity index (χ4v) is 2.65. The van der Waals surface area contributed by atoms with Crippen molar-refractivity contribution in [1.29, 1.82) is 0 Å². The van der Waals surface area contributed by atoms with Crippen LogP contribution in [0.3, 0.4) is 0 Å². The van der Waals surface area contributed by atoms with E-state index in [0.717, 1.165) is 25.9 Å². The molecule has 5 nitrogen and oxygen atoms in total. The number of nitrogens with one attached hydrogen (secondary N) is 1. The van der Waals surface area contributed by atoms with Gasteiger partial charge in [0.05, 0.1) is 0 Å². The normalized spacial score (nSPS) is 19.4. The third kappa shape index (κ3) is 6.26. The molecule has 20 heavy (non-hydrogen) atoms. The van der Waals surface area contributed by atoms with Crippen molar-refractivity contribution in [1.82, 2.24) is 10.2 Å². The second-order valence-electron chi connectivity index (χ2n) is 6.75. The molecule has 1 rings (SSSR count). The first kappa shape index (κ1) is 16.8. The number of piperidine rings is 1. The second-order valence-corrected chi connectivity index (χ2v) is 6.75. The van der Waals surface area contributed by atoms with E-state index in [4.69, 9.17) is 5.11 Å². The highest BCUT2D eigenvalue weighted by molar-refractivity contribution is 5.74.